The summed E-state index contributed by atoms with van der Waals surface area (Å²) in [5.74, 6) is -2.54. The monoisotopic (exact) mass is 856 g/mol. The summed E-state index contributed by atoms with van der Waals surface area (Å²) in [7, 11) is -4.75. The molecule has 4 N–H and O–H groups in total. The Balaban J connectivity index is 4.57. The lowest BCUT2D eigenvalue weighted by atomic mass is 10.1. The highest BCUT2D eigenvalue weighted by Gasteiger charge is 2.28. The first-order valence-corrected chi connectivity index (χ1v) is 23.1. The van der Waals surface area contributed by atoms with Crippen LogP contribution in [0.15, 0.2) is 122 Å². The molecule has 11 nitrogen and oxygen atoms in total. The Kier molecular flexibility index (Phi) is 38.8. The fourth-order valence-corrected chi connectivity index (χ4v) is 5.68. The molecule has 0 bridgehead atoms. The molecule has 3 atom stereocenters. The Morgan fingerprint density at radius 2 is 0.917 bits per heavy atom. The van der Waals surface area contributed by atoms with Gasteiger partial charge in [0.1, 0.15) is 12.6 Å². The van der Waals surface area contributed by atoms with Gasteiger partial charge in [-0.2, -0.15) is 0 Å². The van der Waals surface area contributed by atoms with Crippen molar-refractivity contribution < 1.29 is 47.5 Å². The number of hydrogen-bond acceptors (Lipinski definition) is 9. The quantitative estimate of drug-likeness (QED) is 0.0233. The maximum absolute atomic E-state index is 12.6. The molecular weight excluding hydrogens is 781 g/mol. The number of allylic oxidation sites excluding steroid dienone is 20. The molecule has 0 spiro atoms. The molecule has 12 heteroatoms. The van der Waals surface area contributed by atoms with Crippen LogP contribution in [-0.2, 0) is 37.5 Å². The molecular formula is C48H74NO10P. The zero-order valence-corrected chi connectivity index (χ0v) is 37.1. The highest BCUT2D eigenvalue weighted by atomic mass is 31.2. The predicted molar refractivity (Wildman–Crippen MR) is 244 cm³/mol. The van der Waals surface area contributed by atoms with Crippen LogP contribution >= 0.6 is 7.82 Å². The number of carboxylic acid groups (broad SMARTS) is 1. The molecule has 0 heterocycles. The molecule has 3 unspecified atom stereocenters. The molecule has 0 amide bonds. The average molecular weight is 856 g/mol. The topological polar surface area (TPSA) is 172 Å². The SMILES string of the molecule is CCC=CCC=CCC=CCC=CCC=CCC=CCCC(=O)OC(COC(=O)CCCCCCC=CCC=CCC=CCC=CCC)COP(=O)(O)OCC(N)C(=O)O. The summed E-state index contributed by atoms with van der Waals surface area (Å²) in [4.78, 5) is 45.9. The van der Waals surface area contributed by atoms with E-state index in [0.29, 0.717) is 19.3 Å². The lowest BCUT2D eigenvalue weighted by Gasteiger charge is -2.20. The number of nitrogens with two attached hydrogens (primary N) is 1. The third-order valence-electron chi connectivity index (χ3n) is 8.22. The van der Waals surface area contributed by atoms with Crippen molar-refractivity contribution in [1.29, 1.82) is 0 Å². The van der Waals surface area contributed by atoms with E-state index >= 15 is 0 Å². The van der Waals surface area contributed by atoms with Crippen LogP contribution in [0, 0.1) is 0 Å². The minimum Gasteiger partial charge on any atom is -0.480 e. The number of hydrogen-bond donors (Lipinski definition) is 3. The molecule has 0 aliphatic heterocycles. The van der Waals surface area contributed by atoms with Crippen molar-refractivity contribution in [3.63, 3.8) is 0 Å². The molecule has 60 heavy (non-hydrogen) atoms. The number of esters is 2. The summed E-state index contributed by atoms with van der Waals surface area (Å²) in [6.45, 7) is 2.44. The third kappa shape index (κ3) is 40.7. The summed E-state index contributed by atoms with van der Waals surface area (Å²) in [6, 6.07) is -1.54. The molecule has 0 saturated heterocycles. The fraction of sp³-hybridized carbons (Fsp3) is 0.521. The Morgan fingerprint density at radius 3 is 1.37 bits per heavy atom. The minimum atomic E-state index is -4.75. The summed E-state index contributed by atoms with van der Waals surface area (Å²) in [6.07, 6.45) is 55.6. The lowest BCUT2D eigenvalue weighted by molar-refractivity contribution is -0.161. The smallest absolute Gasteiger partial charge is 0.472 e. The third-order valence-corrected chi connectivity index (χ3v) is 9.17. The van der Waals surface area contributed by atoms with Crippen LogP contribution in [0.25, 0.3) is 0 Å². The molecule has 0 aliphatic carbocycles. The van der Waals surface area contributed by atoms with Gasteiger partial charge in [-0.15, -0.1) is 0 Å². The number of rotatable bonds is 38. The molecule has 0 aromatic heterocycles. The fourth-order valence-electron chi connectivity index (χ4n) is 4.90. The van der Waals surface area contributed by atoms with Crippen LogP contribution in [-0.4, -0.2) is 59.9 Å². The van der Waals surface area contributed by atoms with Crippen molar-refractivity contribution in [3.8, 4) is 0 Å². The van der Waals surface area contributed by atoms with E-state index in [2.05, 4.69) is 122 Å². The average Bonchev–Trinajstić information content (AvgIpc) is 3.22. The molecule has 0 saturated carbocycles. The Bertz CT molecular complexity index is 1470. The van der Waals surface area contributed by atoms with Gasteiger partial charge in [0.15, 0.2) is 6.10 Å². The number of unbranched alkanes of at least 4 members (excludes halogenated alkanes) is 4. The van der Waals surface area contributed by atoms with Gasteiger partial charge in [0.05, 0.1) is 13.2 Å². The lowest BCUT2D eigenvalue weighted by Crippen LogP contribution is -2.34. The van der Waals surface area contributed by atoms with Gasteiger partial charge in [0, 0.05) is 12.8 Å². The molecule has 0 aliphatic rings. The Labute approximate surface area is 360 Å². The number of phosphoric ester groups is 1. The van der Waals surface area contributed by atoms with E-state index in [9.17, 15) is 23.8 Å². The van der Waals surface area contributed by atoms with E-state index < -0.39 is 57.7 Å². The predicted octanol–water partition coefficient (Wildman–Crippen LogP) is 11.6. The van der Waals surface area contributed by atoms with Crippen molar-refractivity contribution in [2.24, 2.45) is 5.73 Å². The molecule has 0 fully saturated rings. The second kappa shape index (κ2) is 41.6. The Hall–Kier alpha value is -4.12. The number of aliphatic carboxylic acids is 1. The van der Waals surface area contributed by atoms with Gasteiger partial charge in [-0.05, 0) is 89.9 Å². The van der Waals surface area contributed by atoms with Gasteiger partial charge >= 0.3 is 25.7 Å². The normalized spacial score (nSPS) is 14.9. The zero-order chi connectivity index (χ0) is 44.2. The molecule has 0 rings (SSSR count). The largest absolute Gasteiger partial charge is 0.480 e. The first-order valence-electron chi connectivity index (χ1n) is 21.6. The Morgan fingerprint density at radius 1 is 0.517 bits per heavy atom. The second-order valence-electron chi connectivity index (χ2n) is 13.7. The number of carbonyl (C=O) groups is 3. The van der Waals surface area contributed by atoms with E-state index in [1.807, 2.05) is 18.2 Å². The van der Waals surface area contributed by atoms with E-state index in [4.69, 9.17) is 24.8 Å². The van der Waals surface area contributed by atoms with Gasteiger partial charge in [-0.25, -0.2) is 4.57 Å². The van der Waals surface area contributed by atoms with Gasteiger partial charge in [0.2, 0.25) is 0 Å². The number of ether oxygens (including phenoxy) is 2. The first-order chi connectivity index (χ1) is 29.1. The molecule has 336 valence electrons. The molecule has 0 aromatic carbocycles. The van der Waals surface area contributed by atoms with Crippen LogP contribution in [0.4, 0.5) is 0 Å². The van der Waals surface area contributed by atoms with Gasteiger partial charge in [-0.1, -0.05) is 148 Å². The van der Waals surface area contributed by atoms with Crippen LogP contribution in [0.2, 0.25) is 0 Å². The summed E-state index contributed by atoms with van der Waals surface area (Å²) in [5, 5.41) is 8.89. The standard InChI is InChI=1S/C48H74NO10P/c1-3-5-7-9-11-13-15-17-19-21-22-24-26-28-30-32-34-36-38-40-47(51)59-44(42-57-60(54,55)58-43-45(49)48(52)53)41-56-46(50)39-37-35-33-31-29-27-25-23-20-18-16-14-12-10-8-6-4-2/h5-8,11-14,17-20,22,24-25,27-28,30,34,36,44-45H,3-4,9-10,15-16,21,23,26,29,31-33,35,37-43,49H2,1-2H3,(H,52,53)(H,54,55). The van der Waals surface area contributed by atoms with Crippen molar-refractivity contribution in [1.82, 2.24) is 0 Å². The highest BCUT2D eigenvalue weighted by Crippen LogP contribution is 2.43. The summed E-state index contributed by atoms with van der Waals surface area (Å²) in [5.41, 5.74) is 5.33. The van der Waals surface area contributed by atoms with E-state index in [-0.39, 0.29) is 12.8 Å². The minimum absolute atomic E-state index is 0.0221. The molecule has 0 aromatic rings. The van der Waals surface area contributed by atoms with Crippen molar-refractivity contribution in [3.05, 3.63) is 122 Å². The summed E-state index contributed by atoms with van der Waals surface area (Å²) < 4.78 is 32.6. The van der Waals surface area contributed by atoms with Crippen LogP contribution in [0.5, 0.6) is 0 Å². The zero-order valence-electron chi connectivity index (χ0n) is 36.2. The van der Waals surface area contributed by atoms with Crippen LogP contribution in [0.1, 0.15) is 129 Å². The van der Waals surface area contributed by atoms with E-state index in [0.717, 1.165) is 83.5 Å². The molecule has 0 radical (unpaired) electrons. The second-order valence-corrected chi connectivity index (χ2v) is 15.2. The maximum atomic E-state index is 12.6. The van der Waals surface area contributed by atoms with Crippen molar-refractivity contribution in [2.45, 2.75) is 142 Å². The summed E-state index contributed by atoms with van der Waals surface area (Å²) >= 11 is 0. The first kappa shape index (κ1) is 55.9. The number of carbonyl (C=O) groups excluding carboxylic acids is 2. The van der Waals surface area contributed by atoms with Crippen molar-refractivity contribution in [2.75, 3.05) is 19.8 Å². The van der Waals surface area contributed by atoms with Crippen molar-refractivity contribution >= 4 is 25.7 Å². The van der Waals surface area contributed by atoms with Gasteiger partial charge in [-0.3, -0.25) is 23.4 Å². The van der Waals surface area contributed by atoms with Gasteiger partial charge < -0.3 is 25.2 Å². The maximum Gasteiger partial charge on any atom is 0.472 e. The number of phosphoric acid groups is 1. The number of carboxylic acids is 1. The van der Waals surface area contributed by atoms with Gasteiger partial charge in [0.25, 0.3) is 0 Å². The van der Waals surface area contributed by atoms with E-state index in [1.165, 1.54) is 0 Å². The van der Waals surface area contributed by atoms with Crippen LogP contribution in [0.3, 0.4) is 0 Å². The van der Waals surface area contributed by atoms with Crippen LogP contribution < -0.4 is 5.73 Å². The van der Waals surface area contributed by atoms with E-state index in [1.54, 1.807) is 0 Å². The highest BCUT2D eigenvalue weighted by molar-refractivity contribution is 7.47.